The van der Waals surface area contributed by atoms with E-state index < -0.39 is 0 Å². The van der Waals surface area contributed by atoms with Crippen molar-refractivity contribution in [2.24, 2.45) is 0 Å². The minimum Gasteiger partial charge on any atom is -0.497 e. The summed E-state index contributed by atoms with van der Waals surface area (Å²) in [6, 6.07) is 6.24. The van der Waals surface area contributed by atoms with E-state index in [0.29, 0.717) is 12.3 Å². The van der Waals surface area contributed by atoms with Crippen molar-refractivity contribution in [3.8, 4) is 5.75 Å². The molecule has 0 aromatic heterocycles. The SMILES string of the molecule is COc1ccc2c(c1)CCC[C@H]2NC(=O)CCCCl. The highest BCUT2D eigenvalue weighted by atomic mass is 35.5. The van der Waals surface area contributed by atoms with E-state index in [1.165, 1.54) is 11.1 Å². The van der Waals surface area contributed by atoms with Gasteiger partial charge in [-0.3, -0.25) is 4.79 Å². The third kappa shape index (κ3) is 3.63. The predicted octanol–water partition coefficient (Wildman–Crippen LogP) is 3.21. The van der Waals surface area contributed by atoms with Gasteiger partial charge in [-0.15, -0.1) is 11.6 Å². The zero-order valence-corrected chi connectivity index (χ0v) is 12.0. The first-order valence-electron chi connectivity index (χ1n) is 6.76. The van der Waals surface area contributed by atoms with Gasteiger partial charge in [-0.1, -0.05) is 6.07 Å². The quantitative estimate of drug-likeness (QED) is 0.842. The first kappa shape index (κ1) is 14.2. The Morgan fingerprint density at radius 1 is 1.53 bits per heavy atom. The molecule has 2 rings (SSSR count). The fourth-order valence-electron chi connectivity index (χ4n) is 2.56. The molecule has 0 saturated carbocycles. The molecule has 4 heteroatoms. The number of fused-ring (bicyclic) bond motifs is 1. The number of aryl methyl sites for hydroxylation is 1. The molecule has 0 radical (unpaired) electrons. The molecule has 1 atom stereocenters. The summed E-state index contributed by atoms with van der Waals surface area (Å²) in [4.78, 5) is 11.8. The Morgan fingerprint density at radius 3 is 3.11 bits per heavy atom. The van der Waals surface area contributed by atoms with Crippen molar-refractivity contribution in [3.05, 3.63) is 29.3 Å². The lowest BCUT2D eigenvalue weighted by Gasteiger charge is -2.26. The summed E-state index contributed by atoms with van der Waals surface area (Å²) >= 11 is 5.61. The van der Waals surface area contributed by atoms with Gasteiger partial charge < -0.3 is 10.1 Å². The van der Waals surface area contributed by atoms with E-state index in [4.69, 9.17) is 16.3 Å². The van der Waals surface area contributed by atoms with Crippen molar-refractivity contribution < 1.29 is 9.53 Å². The second-order valence-electron chi connectivity index (χ2n) is 4.87. The molecule has 1 aliphatic rings. The second-order valence-corrected chi connectivity index (χ2v) is 5.25. The van der Waals surface area contributed by atoms with Gasteiger partial charge in [0.2, 0.25) is 5.91 Å². The van der Waals surface area contributed by atoms with Crippen molar-refractivity contribution in [2.45, 2.75) is 38.1 Å². The fourth-order valence-corrected chi connectivity index (χ4v) is 2.70. The highest BCUT2D eigenvalue weighted by Crippen LogP contribution is 2.32. The first-order valence-corrected chi connectivity index (χ1v) is 7.30. The molecule has 0 aliphatic heterocycles. The van der Waals surface area contributed by atoms with E-state index in [9.17, 15) is 4.79 Å². The average molecular weight is 282 g/mol. The lowest BCUT2D eigenvalue weighted by atomic mass is 9.87. The van der Waals surface area contributed by atoms with Crippen LogP contribution in [0.1, 0.15) is 42.9 Å². The minimum atomic E-state index is 0.0920. The predicted molar refractivity (Wildman–Crippen MR) is 76.8 cm³/mol. The van der Waals surface area contributed by atoms with Crippen molar-refractivity contribution in [3.63, 3.8) is 0 Å². The Bertz CT molecular complexity index is 448. The van der Waals surface area contributed by atoms with E-state index in [1.807, 2.05) is 6.07 Å². The Morgan fingerprint density at radius 2 is 2.37 bits per heavy atom. The molecular weight excluding hydrogens is 262 g/mol. The van der Waals surface area contributed by atoms with E-state index in [0.717, 1.165) is 31.4 Å². The van der Waals surface area contributed by atoms with E-state index in [2.05, 4.69) is 17.4 Å². The second kappa shape index (κ2) is 6.80. The minimum absolute atomic E-state index is 0.0920. The van der Waals surface area contributed by atoms with Crippen LogP contribution in [0.3, 0.4) is 0 Å². The molecule has 0 unspecified atom stereocenters. The Kier molecular flexibility index (Phi) is 5.08. The molecule has 1 amide bonds. The third-order valence-corrected chi connectivity index (χ3v) is 3.80. The summed E-state index contributed by atoms with van der Waals surface area (Å²) in [7, 11) is 1.68. The highest BCUT2D eigenvalue weighted by Gasteiger charge is 2.21. The zero-order valence-electron chi connectivity index (χ0n) is 11.2. The van der Waals surface area contributed by atoms with Crippen LogP contribution in [0.4, 0.5) is 0 Å². The molecule has 104 valence electrons. The fraction of sp³-hybridized carbons (Fsp3) is 0.533. The number of carbonyl (C=O) groups excluding carboxylic acids is 1. The van der Waals surface area contributed by atoms with Crippen LogP contribution in [0.15, 0.2) is 18.2 Å². The molecule has 1 aromatic rings. The Labute approximate surface area is 119 Å². The molecule has 1 aliphatic carbocycles. The molecule has 1 aromatic carbocycles. The number of methoxy groups -OCH3 is 1. The summed E-state index contributed by atoms with van der Waals surface area (Å²) in [5, 5.41) is 3.11. The van der Waals surface area contributed by atoms with Gasteiger partial charge in [-0.25, -0.2) is 0 Å². The summed E-state index contributed by atoms with van der Waals surface area (Å²) in [6.45, 7) is 0. The number of carbonyl (C=O) groups is 1. The first-order chi connectivity index (χ1) is 9.24. The summed E-state index contributed by atoms with van der Waals surface area (Å²) in [6.07, 6.45) is 4.40. The lowest BCUT2D eigenvalue weighted by molar-refractivity contribution is -0.121. The average Bonchev–Trinajstić information content (AvgIpc) is 2.44. The monoisotopic (exact) mass is 281 g/mol. The molecule has 19 heavy (non-hydrogen) atoms. The highest BCUT2D eigenvalue weighted by molar-refractivity contribution is 6.17. The number of alkyl halides is 1. The zero-order chi connectivity index (χ0) is 13.7. The van der Waals surface area contributed by atoms with Crippen LogP contribution < -0.4 is 10.1 Å². The number of hydrogen-bond donors (Lipinski definition) is 1. The van der Waals surface area contributed by atoms with Crippen molar-refractivity contribution in [2.75, 3.05) is 13.0 Å². The Balaban J connectivity index is 2.07. The van der Waals surface area contributed by atoms with Gasteiger partial charge >= 0.3 is 0 Å². The lowest BCUT2D eigenvalue weighted by Crippen LogP contribution is -2.30. The molecule has 1 N–H and O–H groups in total. The molecule has 0 heterocycles. The molecule has 0 saturated heterocycles. The largest absolute Gasteiger partial charge is 0.497 e. The normalized spacial score (nSPS) is 17.7. The van der Waals surface area contributed by atoms with Crippen molar-refractivity contribution >= 4 is 17.5 Å². The van der Waals surface area contributed by atoms with Crippen LogP contribution in [0.2, 0.25) is 0 Å². The maximum Gasteiger partial charge on any atom is 0.220 e. The third-order valence-electron chi connectivity index (χ3n) is 3.54. The maximum absolute atomic E-state index is 11.8. The van der Waals surface area contributed by atoms with Crippen LogP contribution in [0.25, 0.3) is 0 Å². The summed E-state index contributed by atoms with van der Waals surface area (Å²) in [5.74, 6) is 1.51. The van der Waals surface area contributed by atoms with E-state index in [-0.39, 0.29) is 11.9 Å². The molecule has 0 fully saturated rings. The number of halogens is 1. The van der Waals surface area contributed by atoms with Gasteiger partial charge in [-0.05, 0) is 48.9 Å². The van der Waals surface area contributed by atoms with Crippen molar-refractivity contribution in [1.29, 1.82) is 0 Å². The number of rotatable bonds is 5. The van der Waals surface area contributed by atoms with E-state index >= 15 is 0 Å². The smallest absolute Gasteiger partial charge is 0.220 e. The van der Waals surface area contributed by atoms with Crippen LogP contribution in [-0.2, 0) is 11.2 Å². The van der Waals surface area contributed by atoms with Crippen LogP contribution in [0, 0.1) is 0 Å². The standard InChI is InChI=1S/C15H20ClNO2/c1-19-12-7-8-13-11(10-12)4-2-5-14(13)17-15(18)6-3-9-16/h7-8,10,14H,2-6,9H2,1H3,(H,17,18)/t14-/m1/s1. The van der Waals surface area contributed by atoms with Gasteiger partial charge in [0.05, 0.1) is 13.2 Å². The number of benzene rings is 1. The maximum atomic E-state index is 11.8. The molecule has 3 nitrogen and oxygen atoms in total. The van der Waals surface area contributed by atoms with Gasteiger partial charge in [0, 0.05) is 12.3 Å². The molecule has 0 spiro atoms. The Hall–Kier alpha value is -1.22. The van der Waals surface area contributed by atoms with Gasteiger partial charge in [0.25, 0.3) is 0 Å². The van der Waals surface area contributed by atoms with Gasteiger partial charge in [0.15, 0.2) is 0 Å². The number of ether oxygens (including phenoxy) is 1. The van der Waals surface area contributed by atoms with Crippen LogP contribution in [0.5, 0.6) is 5.75 Å². The van der Waals surface area contributed by atoms with Gasteiger partial charge in [0.1, 0.15) is 5.75 Å². The number of nitrogens with one attached hydrogen (secondary N) is 1. The number of amides is 1. The number of hydrogen-bond acceptors (Lipinski definition) is 2. The van der Waals surface area contributed by atoms with Crippen molar-refractivity contribution in [1.82, 2.24) is 5.32 Å². The van der Waals surface area contributed by atoms with Gasteiger partial charge in [-0.2, -0.15) is 0 Å². The molecule has 0 bridgehead atoms. The summed E-state index contributed by atoms with van der Waals surface area (Å²) in [5.41, 5.74) is 2.51. The van der Waals surface area contributed by atoms with E-state index in [1.54, 1.807) is 7.11 Å². The topological polar surface area (TPSA) is 38.3 Å². The summed E-state index contributed by atoms with van der Waals surface area (Å²) < 4.78 is 5.25. The van der Waals surface area contributed by atoms with Crippen LogP contribution >= 0.6 is 11.6 Å². The molecular formula is C15H20ClNO2. The van der Waals surface area contributed by atoms with Crippen LogP contribution in [-0.4, -0.2) is 18.9 Å².